The van der Waals surface area contributed by atoms with Crippen LogP contribution in [0.5, 0.6) is 0 Å². The van der Waals surface area contributed by atoms with Crippen LogP contribution in [-0.2, 0) is 13.0 Å². The van der Waals surface area contributed by atoms with Crippen LogP contribution >= 0.6 is 0 Å². The number of aryl methyl sites for hydroxylation is 1. The van der Waals surface area contributed by atoms with Gasteiger partial charge in [-0.3, -0.25) is 9.69 Å². The molecule has 3 heterocycles. The second kappa shape index (κ2) is 10.1. The summed E-state index contributed by atoms with van der Waals surface area (Å²) in [6.45, 7) is 9.10. The van der Waals surface area contributed by atoms with E-state index in [2.05, 4.69) is 50.2 Å². The third-order valence-corrected chi connectivity index (χ3v) is 6.91. The largest absolute Gasteiger partial charge is 0.322 e. The highest BCUT2D eigenvalue weighted by Gasteiger charge is 2.32. The van der Waals surface area contributed by atoms with Crippen LogP contribution in [0.3, 0.4) is 0 Å². The third-order valence-electron chi connectivity index (χ3n) is 6.91. The second-order valence-corrected chi connectivity index (χ2v) is 9.02. The molecular weight excluding hydrogens is 445 g/mol. The topological polar surface area (TPSA) is 82.9 Å². The Morgan fingerprint density at radius 3 is 2.46 bits per heavy atom. The van der Waals surface area contributed by atoms with Gasteiger partial charge in [0.15, 0.2) is 5.82 Å². The van der Waals surface area contributed by atoms with E-state index in [1.165, 1.54) is 17.7 Å². The van der Waals surface area contributed by atoms with Crippen LogP contribution in [-0.4, -0.2) is 67.7 Å². The molecule has 0 radical (unpaired) electrons. The Labute approximate surface area is 203 Å². The molecule has 182 valence electrons. The number of nitrogens with one attached hydrogen (secondary N) is 1. The minimum absolute atomic E-state index is 0.138. The van der Waals surface area contributed by atoms with Gasteiger partial charge in [-0.15, -0.1) is 5.10 Å². The predicted octanol–water partition coefficient (Wildman–Crippen LogP) is 2.99. The summed E-state index contributed by atoms with van der Waals surface area (Å²) in [6.07, 6.45) is 0.919. The summed E-state index contributed by atoms with van der Waals surface area (Å²) in [7, 11) is 0. The molecule has 0 amide bonds. The number of nitrogens with zero attached hydrogens (tertiary/aromatic N) is 6. The first-order valence-corrected chi connectivity index (χ1v) is 12.2. The zero-order valence-electron chi connectivity index (χ0n) is 20.1. The minimum atomic E-state index is -0.400. The van der Waals surface area contributed by atoms with Gasteiger partial charge in [0.1, 0.15) is 11.9 Å². The highest BCUT2D eigenvalue weighted by Crippen LogP contribution is 2.28. The molecule has 1 unspecified atom stereocenters. The Morgan fingerprint density at radius 1 is 1.00 bits per heavy atom. The Hall–Kier alpha value is -3.43. The van der Waals surface area contributed by atoms with Crippen LogP contribution in [0.2, 0.25) is 0 Å². The van der Waals surface area contributed by atoms with E-state index in [9.17, 15) is 9.18 Å². The van der Waals surface area contributed by atoms with Gasteiger partial charge in [-0.2, -0.15) is 0 Å². The highest BCUT2D eigenvalue weighted by molar-refractivity contribution is 5.80. The van der Waals surface area contributed by atoms with Gasteiger partial charge in [0.25, 0.3) is 5.56 Å². The molecule has 4 aromatic rings. The van der Waals surface area contributed by atoms with Crippen LogP contribution < -0.4 is 5.56 Å². The van der Waals surface area contributed by atoms with Crippen molar-refractivity contribution in [3.8, 4) is 0 Å². The summed E-state index contributed by atoms with van der Waals surface area (Å²) in [5.74, 6) is 0.322. The summed E-state index contributed by atoms with van der Waals surface area (Å²) < 4.78 is 15.1. The summed E-state index contributed by atoms with van der Waals surface area (Å²) in [5.41, 5.74) is 3.41. The van der Waals surface area contributed by atoms with E-state index >= 15 is 0 Å². The molecule has 2 aromatic heterocycles. The zero-order valence-corrected chi connectivity index (χ0v) is 20.1. The van der Waals surface area contributed by atoms with Crippen molar-refractivity contribution in [3.05, 3.63) is 87.2 Å². The van der Waals surface area contributed by atoms with Crippen molar-refractivity contribution in [2.75, 3.05) is 32.7 Å². The maximum absolute atomic E-state index is 13.4. The summed E-state index contributed by atoms with van der Waals surface area (Å²) in [6, 6.07) is 14.0. The molecule has 0 spiro atoms. The molecule has 1 N–H and O–H groups in total. The van der Waals surface area contributed by atoms with E-state index in [0.29, 0.717) is 17.9 Å². The first-order valence-electron chi connectivity index (χ1n) is 12.2. The van der Waals surface area contributed by atoms with Crippen LogP contribution in [0.15, 0.2) is 53.3 Å². The monoisotopic (exact) mass is 475 g/mol. The fraction of sp³-hybridized carbons (Fsp3) is 0.385. The van der Waals surface area contributed by atoms with Gasteiger partial charge in [0, 0.05) is 37.3 Å². The van der Waals surface area contributed by atoms with Crippen molar-refractivity contribution >= 4 is 10.9 Å². The van der Waals surface area contributed by atoms with E-state index in [1.807, 2.05) is 18.2 Å². The number of H-pyrrole nitrogens is 1. The lowest BCUT2D eigenvalue weighted by atomic mass is 10.0. The number of hydrogen-bond acceptors (Lipinski definition) is 6. The number of piperazine rings is 1. The number of aromatic amines is 1. The Morgan fingerprint density at radius 2 is 1.74 bits per heavy atom. The van der Waals surface area contributed by atoms with Gasteiger partial charge < -0.3 is 9.88 Å². The smallest absolute Gasteiger partial charge is 0.253 e. The molecule has 8 nitrogen and oxygen atoms in total. The maximum atomic E-state index is 13.4. The standard InChI is InChI=1S/C26H30FN7O/c1-3-18-7-10-23-20(15-18)16-22(26(35)28-23)24(33-13-11-32(4-2)12-14-33)25-29-30-31-34(25)17-19-5-8-21(27)9-6-19/h5-10,15-16,24H,3-4,11-14,17H2,1-2H3,(H,28,35). The van der Waals surface area contributed by atoms with Crippen LogP contribution in [0.25, 0.3) is 10.9 Å². The summed E-state index contributed by atoms with van der Waals surface area (Å²) >= 11 is 0. The molecule has 1 fully saturated rings. The van der Waals surface area contributed by atoms with Crippen molar-refractivity contribution in [3.63, 3.8) is 0 Å². The van der Waals surface area contributed by atoms with Crippen molar-refractivity contribution in [2.24, 2.45) is 0 Å². The van der Waals surface area contributed by atoms with Crippen molar-refractivity contribution in [2.45, 2.75) is 32.9 Å². The third kappa shape index (κ3) is 4.87. The van der Waals surface area contributed by atoms with Crippen LogP contribution in [0.4, 0.5) is 4.39 Å². The number of likely N-dealkylation sites (N-methyl/N-ethyl adjacent to an activating group) is 1. The fourth-order valence-electron chi connectivity index (χ4n) is 4.82. The Balaban J connectivity index is 1.59. The average molecular weight is 476 g/mol. The van der Waals surface area contributed by atoms with Gasteiger partial charge in [0.2, 0.25) is 0 Å². The molecule has 1 aliphatic rings. The van der Waals surface area contributed by atoms with Gasteiger partial charge in [-0.1, -0.05) is 32.0 Å². The van der Waals surface area contributed by atoms with E-state index in [1.54, 1.807) is 16.8 Å². The average Bonchev–Trinajstić information content (AvgIpc) is 3.33. The molecular formula is C26H30FN7O. The van der Waals surface area contributed by atoms with Crippen LogP contribution in [0.1, 0.15) is 42.4 Å². The Kier molecular flexibility index (Phi) is 6.70. The SMILES string of the molecule is CCc1ccc2[nH]c(=O)c(C(c3nnnn3Cc3ccc(F)cc3)N3CCN(CC)CC3)cc2c1. The summed E-state index contributed by atoms with van der Waals surface area (Å²) in [5, 5.41) is 13.6. The number of hydrogen-bond donors (Lipinski definition) is 1. The molecule has 0 saturated carbocycles. The number of rotatable bonds is 7. The van der Waals surface area contributed by atoms with Crippen molar-refractivity contribution in [1.29, 1.82) is 0 Å². The maximum Gasteiger partial charge on any atom is 0.253 e. The number of halogens is 1. The molecule has 1 atom stereocenters. The number of benzene rings is 2. The van der Waals surface area contributed by atoms with Crippen LogP contribution in [0, 0.1) is 5.82 Å². The van der Waals surface area contributed by atoms with Gasteiger partial charge in [0.05, 0.1) is 6.54 Å². The predicted molar refractivity (Wildman–Crippen MR) is 133 cm³/mol. The molecule has 2 aromatic carbocycles. The molecule has 9 heteroatoms. The molecule has 1 saturated heterocycles. The normalized spacial score (nSPS) is 16.1. The quantitative estimate of drug-likeness (QED) is 0.443. The number of aromatic nitrogens is 5. The molecule has 0 bridgehead atoms. The fourth-order valence-corrected chi connectivity index (χ4v) is 4.82. The van der Waals surface area contributed by atoms with Gasteiger partial charge >= 0.3 is 0 Å². The highest BCUT2D eigenvalue weighted by atomic mass is 19.1. The number of fused-ring (bicyclic) bond motifs is 1. The van der Waals surface area contributed by atoms with Gasteiger partial charge in [-0.05, 0) is 70.2 Å². The van der Waals surface area contributed by atoms with E-state index in [-0.39, 0.29) is 11.4 Å². The first-order chi connectivity index (χ1) is 17.1. The molecule has 1 aliphatic heterocycles. The van der Waals surface area contributed by atoms with Crippen molar-refractivity contribution < 1.29 is 4.39 Å². The molecule has 0 aliphatic carbocycles. The lowest BCUT2D eigenvalue weighted by Gasteiger charge is -2.38. The van der Waals surface area contributed by atoms with Crippen molar-refractivity contribution in [1.82, 2.24) is 35.0 Å². The van der Waals surface area contributed by atoms with Gasteiger partial charge in [-0.25, -0.2) is 9.07 Å². The lowest BCUT2D eigenvalue weighted by molar-refractivity contribution is 0.108. The van der Waals surface area contributed by atoms with E-state index in [4.69, 9.17) is 0 Å². The zero-order chi connectivity index (χ0) is 24.4. The first kappa shape index (κ1) is 23.3. The lowest BCUT2D eigenvalue weighted by Crippen LogP contribution is -2.49. The van der Waals surface area contributed by atoms with E-state index < -0.39 is 6.04 Å². The number of tetrazole rings is 1. The van der Waals surface area contributed by atoms with E-state index in [0.717, 1.165) is 55.6 Å². The Bertz CT molecular complexity index is 1360. The minimum Gasteiger partial charge on any atom is -0.322 e. The number of pyridine rings is 1. The molecule has 5 rings (SSSR count). The second-order valence-electron chi connectivity index (χ2n) is 9.02. The molecule has 35 heavy (non-hydrogen) atoms. The summed E-state index contributed by atoms with van der Waals surface area (Å²) in [4.78, 5) is 21.1.